The molecule has 0 amide bonds. The third-order valence-electron chi connectivity index (χ3n) is 10.9. The molecule has 0 spiro atoms. The summed E-state index contributed by atoms with van der Waals surface area (Å²) in [6.45, 7) is 0. The van der Waals surface area contributed by atoms with Crippen molar-refractivity contribution in [1.82, 2.24) is 15.0 Å². The first-order valence-electron chi connectivity index (χ1n) is 18.9. The molecule has 0 atom stereocenters. The Morgan fingerprint density at radius 2 is 0.965 bits per heavy atom. The molecule has 0 bridgehead atoms. The van der Waals surface area contributed by atoms with Crippen molar-refractivity contribution in [2.24, 2.45) is 0 Å². The Morgan fingerprint density at radius 1 is 0.351 bits per heavy atom. The molecule has 0 aliphatic carbocycles. The number of furan rings is 2. The van der Waals surface area contributed by atoms with E-state index in [2.05, 4.69) is 97.1 Å². The average Bonchev–Trinajstić information content (AvgIpc) is 3.98. The second-order valence-corrected chi connectivity index (χ2v) is 15.4. The van der Waals surface area contributed by atoms with Crippen LogP contribution in [0.1, 0.15) is 0 Å². The molecule has 0 aliphatic heterocycles. The van der Waals surface area contributed by atoms with E-state index in [1.54, 1.807) is 0 Å². The maximum atomic E-state index is 6.70. The number of rotatable bonds is 5. The topological polar surface area (TPSA) is 65.0 Å². The molecule has 4 heterocycles. The van der Waals surface area contributed by atoms with Gasteiger partial charge in [0.2, 0.25) is 0 Å². The smallest absolute Gasteiger partial charge is 0.167 e. The fraction of sp³-hybridized carbons (Fsp3) is 0. The number of hydrogen-bond donors (Lipinski definition) is 0. The molecule has 8 aromatic carbocycles. The zero-order valence-electron chi connectivity index (χ0n) is 30.3. The molecule has 4 aromatic heterocycles. The van der Waals surface area contributed by atoms with Crippen LogP contribution in [-0.2, 0) is 0 Å². The van der Waals surface area contributed by atoms with E-state index < -0.39 is 0 Å². The van der Waals surface area contributed by atoms with Crippen molar-refractivity contribution in [2.75, 3.05) is 0 Å². The summed E-state index contributed by atoms with van der Waals surface area (Å²) in [7, 11) is 0. The van der Waals surface area contributed by atoms with Gasteiger partial charge in [-0.25, -0.2) is 15.0 Å². The van der Waals surface area contributed by atoms with E-state index in [-0.39, 0.29) is 0 Å². The van der Waals surface area contributed by atoms with Gasteiger partial charge in [-0.05, 0) is 65.2 Å². The molecule has 0 unspecified atom stereocenters. The number of fused-ring (bicyclic) bond motifs is 9. The van der Waals surface area contributed by atoms with Crippen molar-refractivity contribution in [3.63, 3.8) is 0 Å². The Hall–Kier alpha value is -7.41. The maximum Gasteiger partial charge on any atom is 0.167 e. The molecule has 57 heavy (non-hydrogen) atoms. The Morgan fingerprint density at radius 3 is 1.77 bits per heavy atom. The van der Waals surface area contributed by atoms with E-state index in [9.17, 15) is 0 Å². The van der Waals surface area contributed by atoms with Crippen molar-refractivity contribution in [3.8, 4) is 56.4 Å². The third kappa shape index (κ3) is 5.12. The number of thiophene rings is 1. The van der Waals surface area contributed by atoms with E-state index in [1.165, 1.54) is 25.7 Å². The van der Waals surface area contributed by atoms with Gasteiger partial charge in [0.25, 0.3) is 0 Å². The lowest BCUT2D eigenvalue weighted by atomic mass is 9.93. The largest absolute Gasteiger partial charge is 0.456 e. The number of benzene rings is 8. The Balaban J connectivity index is 1.06. The first-order valence-corrected chi connectivity index (χ1v) is 19.7. The van der Waals surface area contributed by atoms with Gasteiger partial charge in [0.05, 0.1) is 5.56 Å². The summed E-state index contributed by atoms with van der Waals surface area (Å²) < 4.78 is 15.6. The minimum Gasteiger partial charge on any atom is -0.456 e. The Labute approximate surface area is 330 Å². The summed E-state index contributed by atoms with van der Waals surface area (Å²) in [6.07, 6.45) is 0. The monoisotopic (exact) mass is 747 g/mol. The third-order valence-corrected chi connectivity index (χ3v) is 12.2. The Kier molecular flexibility index (Phi) is 7.03. The lowest BCUT2D eigenvalue weighted by Gasteiger charge is -2.10. The molecule has 266 valence electrons. The van der Waals surface area contributed by atoms with E-state index in [1.807, 2.05) is 90.2 Å². The van der Waals surface area contributed by atoms with Crippen LogP contribution in [0.2, 0.25) is 0 Å². The second-order valence-electron chi connectivity index (χ2n) is 14.3. The van der Waals surface area contributed by atoms with Crippen LogP contribution in [0.3, 0.4) is 0 Å². The standard InChI is InChI=1S/C51H29N3O2S/c1-3-13-30(14-4-1)49-52-50(31-15-5-2-6-16-31)54-51(53-49)38-21-11-20-36-39-27-32(25-26-43(39)56-47(36)38)33-28-40-34-17-8-10-24-45(34)57-48(40)41(29-33)35-19-12-23-44-46(35)37-18-7-9-22-42(37)55-44/h1-29H. The molecule has 12 rings (SSSR count). The molecule has 0 aliphatic rings. The van der Waals surface area contributed by atoms with E-state index in [4.69, 9.17) is 23.8 Å². The fourth-order valence-electron chi connectivity index (χ4n) is 8.28. The van der Waals surface area contributed by atoms with Crippen LogP contribution < -0.4 is 0 Å². The summed E-state index contributed by atoms with van der Waals surface area (Å²) in [5, 5.41) is 6.79. The van der Waals surface area contributed by atoms with E-state index >= 15 is 0 Å². The van der Waals surface area contributed by atoms with Crippen LogP contribution in [0.25, 0.3) is 120 Å². The highest BCUT2D eigenvalue weighted by atomic mass is 32.1. The number of aromatic nitrogens is 3. The van der Waals surface area contributed by atoms with Crippen molar-refractivity contribution in [2.45, 2.75) is 0 Å². The maximum absolute atomic E-state index is 6.70. The molecular weight excluding hydrogens is 719 g/mol. The quantitative estimate of drug-likeness (QED) is 0.175. The van der Waals surface area contributed by atoms with Gasteiger partial charge in [-0.15, -0.1) is 11.3 Å². The lowest BCUT2D eigenvalue weighted by Crippen LogP contribution is -2.00. The predicted molar refractivity (Wildman–Crippen MR) is 234 cm³/mol. The molecule has 0 saturated heterocycles. The van der Waals surface area contributed by atoms with E-state index in [0.29, 0.717) is 17.5 Å². The van der Waals surface area contributed by atoms with Crippen molar-refractivity contribution >= 4 is 75.4 Å². The molecular formula is C51H29N3O2S. The normalized spacial score (nSPS) is 11.9. The van der Waals surface area contributed by atoms with Gasteiger partial charge >= 0.3 is 0 Å². The zero-order chi connectivity index (χ0) is 37.5. The van der Waals surface area contributed by atoms with Crippen molar-refractivity contribution in [1.29, 1.82) is 0 Å². The van der Waals surface area contributed by atoms with Crippen LogP contribution in [0.4, 0.5) is 0 Å². The number of nitrogens with zero attached hydrogens (tertiary/aromatic N) is 3. The van der Waals surface area contributed by atoms with Crippen LogP contribution in [-0.4, -0.2) is 15.0 Å². The van der Waals surface area contributed by atoms with Gasteiger partial charge in [-0.2, -0.15) is 0 Å². The molecule has 0 fully saturated rings. The van der Waals surface area contributed by atoms with Crippen molar-refractivity contribution < 1.29 is 8.83 Å². The highest BCUT2D eigenvalue weighted by Gasteiger charge is 2.21. The number of para-hydroxylation sites is 2. The summed E-state index contributed by atoms with van der Waals surface area (Å²) in [5.41, 5.74) is 10.6. The molecule has 12 aromatic rings. The SMILES string of the molecule is c1ccc(-c2nc(-c3ccccc3)nc(-c3cccc4c3oc3ccc(-c5cc(-c6cccc7oc8ccccc8c67)c6sc7ccccc7c6c5)cc34)n2)cc1. The van der Waals surface area contributed by atoms with Gasteiger partial charge in [-0.1, -0.05) is 127 Å². The summed E-state index contributed by atoms with van der Waals surface area (Å²) >= 11 is 1.85. The average molecular weight is 748 g/mol. The van der Waals surface area contributed by atoms with Crippen LogP contribution >= 0.6 is 11.3 Å². The van der Waals surface area contributed by atoms with E-state index in [0.717, 1.165) is 77.3 Å². The lowest BCUT2D eigenvalue weighted by molar-refractivity contribution is 0.669. The molecule has 5 nitrogen and oxygen atoms in total. The van der Waals surface area contributed by atoms with Gasteiger partial charge in [0.15, 0.2) is 17.5 Å². The summed E-state index contributed by atoms with van der Waals surface area (Å²) in [5.74, 6) is 1.79. The molecule has 0 saturated carbocycles. The first-order chi connectivity index (χ1) is 28.2. The highest BCUT2D eigenvalue weighted by Crippen LogP contribution is 2.47. The fourth-order valence-corrected chi connectivity index (χ4v) is 9.49. The Bertz CT molecular complexity index is 3470. The van der Waals surface area contributed by atoms with Crippen LogP contribution in [0, 0.1) is 0 Å². The first kappa shape index (κ1) is 31.9. The highest BCUT2D eigenvalue weighted by molar-refractivity contribution is 7.26. The number of hydrogen-bond acceptors (Lipinski definition) is 6. The second kappa shape index (κ2) is 12.6. The summed E-state index contributed by atoms with van der Waals surface area (Å²) in [4.78, 5) is 14.9. The van der Waals surface area contributed by atoms with Crippen molar-refractivity contribution in [3.05, 3.63) is 176 Å². The van der Waals surface area contributed by atoms with Crippen LogP contribution in [0.15, 0.2) is 185 Å². The minimum atomic E-state index is 0.563. The van der Waals surface area contributed by atoms with Crippen LogP contribution in [0.5, 0.6) is 0 Å². The summed E-state index contributed by atoms with van der Waals surface area (Å²) in [6, 6.07) is 60.9. The molecule has 0 N–H and O–H groups in total. The van der Waals surface area contributed by atoms with Gasteiger partial charge in [0, 0.05) is 58.4 Å². The molecule has 6 heteroatoms. The zero-order valence-corrected chi connectivity index (χ0v) is 31.1. The van der Waals surface area contributed by atoms with Gasteiger partial charge in [-0.3, -0.25) is 0 Å². The minimum absolute atomic E-state index is 0.563. The van der Waals surface area contributed by atoms with Gasteiger partial charge in [0.1, 0.15) is 22.3 Å². The predicted octanol–water partition coefficient (Wildman–Crippen LogP) is 14.4. The molecule has 0 radical (unpaired) electrons. The van der Waals surface area contributed by atoms with Gasteiger partial charge < -0.3 is 8.83 Å².